The van der Waals surface area contributed by atoms with Crippen molar-refractivity contribution in [2.45, 2.75) is 13.3 Å². The molecule has 1 N–H and O–H groups in total. The largest absolute Gasteiger partial charge is 0.480 e. The lowest BCUT2D eigenvalue weighted by Gasteiger charge is -2.34. The number of nitrogens with zero attached hydrogens (tertiary/aromatic N) is 6. The SMILES string of the molecule is CCc1c(C(=O)N2CCN(CC(=O)Nc3ccc(F)cc3)CC2)cnn1-c1ccc(OC)nn1. The molecule has 0 spiro atoms. The Kier molecular flexibility index (Phi) is 7.12. The number of ether oxygens (including phenoxy) is 1. The van der Waals surface area contributed by atoms with Gasteiger partial charge in [-0.3, -0.25) is 14.5 Å². The number of amides is 2. The summed E-state index contributed by atoms with van der Waals surface area (Å²) in [4.78, 5) is 29.3. The number of piperazine rings is 1. The zero-order valence-electron chi connectivity index (χ0n) is 19.1. The van der Waals surface area contributed by atoms with Gasteiger partial charge in [0.2, 0.25) is 11.8 Å². The first kappa shape index (κ1) is 23.3. The average Bonchev–Trinajstić information content (AvgIpc) is 3.29. The van der Waals surface area contributed by atoms with E-state index in [0.29, 0.717) is 55.5 Å². The van der Waals surface area contributed by atoms with E-state index in [0.717, 1.165) is 5.69 Å². The molecule has 1 saturated heterocycles. The molecule has 0 radical (unpaired) electrons. The van der Waals surface area contributed by atoms with Crippen molar-refractivity contribution in [2.75, 3.05) is 45.2 Å². The molecule has 2 aromatic heterocycles. The van der Waals surface area contributed by atoms with E-state index in [1.54, 1.807) is 27.9 Å². The zero-order valence-corrected chi connectivity index (χ0v) is 19.1. The van der Waals surface area contributed by atoms with Gasteiger partial charge in [0.25, 0.3) is 5.91 Å². The average molecular weight is 468 g/mol. The minimum Gasteiger partial charge on any atom is -0.480 e. The lowest BCUT2D eigenvalue weighted by Crippen LogP contribution is -2.50. The highest BCUT2D eigenvalue weighted by Gasteiger charge is 2.27. The van der Waals surface area contributed by atoms with Crippen molar-refractivity contribution in [3.8, 4) is 11.7 Å². The quantitative estimate of drug-likeness (QED) is 0.565. The summed E-state index contributed by atoms with van der Waals surface area (Å²) in [6.45, 7) is 4.30. The molecule has 0 aliphatic carbocycles. The number of hydrogen-bond donors (Lipinski definition) is 1. The minimum absolute atomic E-state index is 0.0972. The molecule has 10 nitrogen and oxygen atoms in total. The van der Waals surface area contributed by atoms with Crippen molar-refractivity contribution in [2.24, 2.45) is 0 Å². The van der Waals surface area contributed by atoms with Gasteiger partial charge in [-0.1, -0.05) is 6.92 Å². The molecular weight excluding hydrogens is 441 g/mol. The zero-order chi connectivity index (χ0) is 24.1. The number of benzene rings is 1. The molecule has 3 aromatic rings. The Labute approximate surface area is 196 Å². The number of aromatic nitrogens is 4. The standard InChI is InChI=1S/C23H26FN7O3/c1-3-19-18(14-25-31(19)20-8-9-22(34-2)28-27-20)23(33)30-12-10-29(11-13-30)15-21(32)26-17-6-4-16(24)5-7-17/h4-9,14H,3,10-13,15H2,1-2H3,(H,26,32). The highest BCUT2D eigenvalue weighted by atomic mass is 19.1. The molecule has 1 aliphatic heterocycles. The first-order valence-electron chi connectivity index (χ1n) is 11.0. The highest BCUT2D eigenvalue weighted by Crippen LogP contribution is 2.18. The molecule has 11 heteroatoms. The van der Waals surface area contributed by atoms with Crippen LogP contribution in [0.3, 0.4) is 0 Å². The van der Waals surface area contributed by atoms with Gasteiger partial charge in [-0.15, -0.1) is 10.2 Å². The Morgan fingerprint density at radius 3 is 2.41 bits per heavy atom. The lowest BCUT2D eigenvalue weighted by atomic mass is 10.1. The summed E-state index contributed by atoms with van der Waals surface area (Å²) in [5.74, 6) is 0.275. The minimum atomic E-state index is -0.354. The summed E-state index contributed by atoms with van der Waals surface area (Å²) in [6.07, 6.45) is 2.16. The predicted molar refractivity (Wildman–Crippen MR) is 122 cm³/mol. The number of hydrogen-bond acceptors (Lipinski definition) is 7. The van der Waals surface area contributed by atoms with Gasteiger partial charge in [0.1, 0.15) is 5.82 Å². The molecule has 4 rings (SSSR count). The van der Waals surface area contributed by atoms with Crippen LogP contribution in [0, 0.1) is 5.82 Å². The number of nitrogens with one attached hydrogen (secondary N) is 1. The Morgan fingerprint density at radius 1 is 1.06 bits per heavy atom. The molecule has 3 heterocycles. The van der Waals surface area contributed by atoms with Crippen LogP contribution in [0.4, 0.5) is 10.1 Å². The third-order valence-electron chi connectivity index (χ3n) is 5.64. The first-order valence-corrected chi connectivity index (χ1v) is 11.0. The predicted octanol–water partition coefficient (Wildman–Crippen LogP) is 1.77. The molecule has 0 bridgehead atoms. The van der Waals surface area contributed by atoms with Gasteiger partial charge < -0.3 is 15.0 Å². The molecule has 1 aliphatic rings. The van der Waals surface area contributed by atoms with Crippen LogP contribution in [0.2, 0.25) is 0 Å². The van der Waals surface area contributed by atoms with E-state index < -0.39 is 0 Å². The summed E-state index contributed by atoms with van der Waals surface area (Å²) in [5, 5.41) is 15.2. The van der Waals surface area contributed by atoms with Crippen molar-refractivity contribution >= 4 is 17.5 Å². The van der Waals surface area contributed by atoms with Crippen molar-refractivity contribution in [1.29, 1.82) is 0 Å². The first-order chi connectivity index (χ1) is 16.5. The van der Waals surface area contributed by atoms with Crippen LogP contribution in [-0.2, 0) is 11.2 Å². The third-order valence-corrected chi connectivity index (χ3v) is 5.64. The Bertz CT molecular complexity index is 1140. The van der Waals surface area contributed by atoms with E-state index in [4.69, 9.17) is 4.74 Å². The lowest BCUT2D eigenvalue weighted by molar-refractivity contribution is -0.117. The van der Waals surface area contributed by atoms with Gasteiger partial charge in [-0.05, 0) is 36.8 Å². The maximum atomic E-state index is 13.2. The smallest absolute Gasteiger partial charge is 0.257 e. The van der Waals surface area contributed by atoms with E-state index in [1.165, 1.54) is 31.4 Å². The van der Waals surface area contributed by atoms with Crippen molar-refractivity contribution < 1.29 is 18.7 Å². The highest BCUT2D eigenvalue weighted by molar-refractivity contribution is 5.95. The van der Waals surface area contributed by atoms with Crippen LogP contribution in [-0.4, -0.2) is 81.4 Å². The monoisotopic (exact) mass is 467 g/mol. The molecular formula is C23H26FN7O3. The normalized spacial score (nSPS) is 14.1. The molecule has 0 atom stereocenters. The number of halogens is 1. The topological polar surface area (TPSA) is 105 Å². The van der Waals surface area contributed by atoms with E-state index in [9.17, 15) is 14.0 Å². The summed E-state index contributed by atoms with van der Waals surface area (Å²) in [7, 11) is 1.52. The van der Waals surface area contributed by atoms with Gasteiger partial charge in [-0.25, -0.2) is 9.07 Å². The second-order valence-corrected chi connectivity index (χ2v) is 7.83. The van der Waals surface area contributed by atoms with E-state index in [1.807, 2.05) is 11.8 Å². The molecule has 2 amide bonds. The van der Waals surface area contributed by atoms with Crippen LogP contribution in [0.1, 0.15) is 23.0 Å². The van der Waals surface area contributed by atoms with Crippen LogP contribution in [0.5, 0.6) is 5.88 Å². The van der Waals surface area contributed by atoms with Gasteiger partial charge >= 0.3 is 0 Å². The second-order valence-electron chi connectivity index (χ2n) is 7.83. The number of carbonyl (C=O) groups is 2. The molecule has 1 fully saturated rings. The fourth-order valence-electron chi connectivity index (χ4n) is 3.84. The molecule has 1 aromatic carbocycles. The van der Waals surface area contributed by atoms with Gasteiger partial charge in [0, 0.05) is 37.9 Å². The van der Waals surface area contributed by atoms with E-state index >= 15 is 0 Å². The molecule has 178 valence electrons. The van der Waals surface area contributed by atoms with Crippen LogP contribution >= 0.6 is 0 Å². The van der Waals surface area contributed by atoms with Crippen LogP contribution in [0.25, 0.3) is 5.82 Å². The fourth-order valence-corrected chi connectivity index (χ4v) is 3.84. The maximum absolute atomic E-state index is 13.2. The van der Waals surface area contributed by atoms with Crippen molar-refractivity contribution in [3.05, 3.63) is 59.7 Å². The van der Waals surface area contributed by atoms with E-state index in [-0.39, 0.29) is 24.2 Å². The summed E-state index contributed by atoms with van der Waals surface area (Å²) >= 11 is 0. The van der Waals surface area contributed by atoms with Gasteiger partial charge in [0.15, 0.2) is 5.82 Å². The number of methoxy groups -OCH3 is 1. The van der Waals surface area contributed by atoms with E-state index in [2.05, 4.69) is 20.6 Å². The second kappa shape index (κ2) is 10.4. The third kappa shape index (κ3) is 5.20. The Hall–Kier alpha value is -3.86. The summed E-state index contributed by atoms with van der Waals surface area (Å²) in [5.41, 5.74) is 1.83. The summed E-state index contributed by atoms with van der Waals surface area (Å²) in [6, 6.07) is 9.07. The number of rotatable bonds is 7. The number of anilines is 1. The Balaban J connectivity index is 1.35. The van der Waals surface area contributed by atoms with Crippen molar-refractivity contribution in [1.82, 2.24) is 29.8 Å². The van der Waals surface area contributed by atoms with Crippen LogP contribution < -0.4 is 10.1 Å². The Morgan fingerprint density at radius 2 is 1.79 bits per heavy atom. The van der Waals surface area contributed by atoms with Gasteiger partial charge in [-0.2, -0.15) is 5.10 Å². The summed E-state index contributed by atoms with van der Waals surface area (Å²) < 4.78 is 19.7. The van der Waals surface area contributed by atoms with Crippen molar-refractivity contribution in [3.63, 3.8) is 0 Å². The van der Waals surface area contributed by atoms with Crippen LogP contribution in [0.15, 0.2) is 42.6 Å². The molecule has 34 heavy (non-hydrogen) atoms. The van der Waals surface area contributed by atoms with Gasteiger partial charge in [0.05, 0.1) is 31.1 Å². The number of carbonyl (C=O) groups excluding carboxylic acids is 2. The fraction of sp³-hybridized carbons (Fsp3) is 0.348. The molecule has 0 unspecified atom stereocenters. The molecule has 0 saturated carbocycles. The maximum Gasteiger partial charge on any atom is 0.257 e.